The van der Waals surface area contributed by atoms with Gasteiger partial charge in [-0.05, 0) is 31.6 Å². The summed E-state index contributed by atoms with van der Waals surface area (Å²) < 4.78 is 22.2. The maximum Gasteiger partial charge on any atom is 0.315 e. The third-order valence-electron chi connectivity index (χ3n) is 3.97. The first-order chi connectivity index (χ1) is 8.76. The number of hydrogen-bond acceptors (Lipinski definition) is 3. The number of amides is 2. The Morgan fingerprint density at radius 1 is 1.32 bits per heavy atom. The molecule has 1 fully saturated rings. The first-order valence-electron chi connectivity index (χ1n) is 6.98. The summed E-state index contributed by atoms with van der Waals surface area (Å²) in [4.78, 5) is 11.7. The summed E-state index contributed by atoms with van der Waals surface area (Å²) in [6.07, 6.45) is 7.06. The van der Waals surface area contributed by atoms with E-state index in [0.717, 1.165) is 6.42 Å². The highest BCUT2D eigenvalue weighted by Gasteiger charge is 2.32. The molecule has 112 valence electrons. The van der Waals surface area contributed by atoms with E-state index in [-0.39, 0.29) is 23.2 Å². The van der Waals surface area contributed by atoms with Crippen LogP contribution in [0.4, 0.5) is 4.79 Å². The molecule has 0 saturated heterocycles. The van der Waals surface area contributed by atoms with Gasteiger partial charge in [0.15, 0.2) is 0 Å². The molecule has 1 atom stereocenters. The smallest absolute Gasteiger partial charge is 0.315 e. The zero-order valence-electron chi connectivity index (χ0n) is 12.2. The highest BCUT2D eigenvalue weighted by Crippen LogP contribution is 2.40. The molecule has 0 aromatic heterocycles. The minimum Gasteiger partial charge on any atom is -0.338 e. The second-order valence-electron chi connectivity index (χ2n) is 5.88. The van der Waals surface area contributed by atoms with Crippen LogP contribution >= 0.6 is 0 Å². The zero-order chi connectivity index (χ0) is 14.5. The average molecular weight is 290 g/mol. The van der Waals surface area contributed by atoms with Crippen LogP contribution in [0.2, 0.25) is 0 Å². The summed E-state index contributed by atoms with van der Waals surface area (Å²) in [5.41, 5.74) is 0.247. The minimum atomic E-state index is -3.06. The van der Waals surface area contributed by atoms with E-state index in [4.69, 9.17) is 0 Å². The summed E-state index contributed by atoms with van der Waals surface area (Å²) in [7, 11) is -3.06. The largest absolute Gasteiger partial charge is 0.338 e. The quantitative estimate of drug-likeness (QED) is 0.781. The molecule has 0 heterocycles. The number of carbonyl (C=O) groups is 1. The van der Waals surface area contributed by atoms with Crippen LogP contribution in [0.3, 0.4) is 0 Å². The van der Waals surface area contributed by atoms with Crippen molar-refractivity contribution in [3.8, 4) is 0 Å². The van der Waals surface area contributed by atoms with Crippen LogP contribution in [0, 0.1) is 5.41 Å². The molecular formula is C13H26N2O3S. The van der Waals surface area contributed by atoms with Crippen molar-refractivity contribution in [2.45, 2.75) is 52.0 Å². The van der Waals surface area contributed by atoms with Gasteiger partial charge in [-0.1, -0.05) is 19.8 Å². The lowest BCUT2D eigenvalue weighted by atomic mass is 9.83. The summed E-state index contributed by atoms with van der Waals surface area (Å²) in [5, 5.41) is 5.56. The van der Waals surface area contributed by atoms with Crippen LogP contribution in [0.5, 0.6) is 0 Å². The second-order valence-corrected chi connectivity index (χ2v) is 8.07. The van der Waals surface area contributed by atoms with E-state index in [9.17, 15) is 13.2 Å². The van der Waals surface area contributed by atoms with E-state index < -0.39 is 9.84 Å². The molecule has 0 bridgehead atoms. The molecule has 1 saturated carbocycles. The Morgan fingerprint density at radius 3 is 2.37 bits per heavy atom. The number of rotatable bonds is 6. The fourth-order valence-electron chi connectivity index (χ4n) is 2.82. The Morgan fingerprint density at radius 2 is 1.89 bits per heavy atom. The number of sulfone groups is 1. The highest BCUT2D eigenvalue weighted by molar-refractivity contribution is 7.90. The van der Waals surface area contributed by atoms with Gasteiger partial charge in [-0.2, -0.15) is 0 Å². The molecule has 6 heteroatoms. The van der Waals surface area contributed by atoms with E-state index in [1.54, 1.807) is 6.92 Å². The third kappa shape index (κ3) is 5.80. The Kier molecular flexibility index (Phi) is 5.64. The summed E-state index contributed by atoms with van der Waals surface area (Å²) in [5.74, 6) is -0.0284. The van der Waals surface area contributed by atoms with Crippen LogP contribution in [0.15, 0.2) is 0 Å². The van der Waals surface area contributed by atoms with Crippen LogP contribution in [-0.4, -0.2) is 39.0 Å². The highest BCUT2D eigenvalue weighted by atomic mass is 32.2. The predicted molar refractivity (Wildman–Crippen MR) is 76.9 cm³/mol. The van der Waals surface area contributed by atoms with Gasteiger partial charge in [-0.3, -0.25) is 0 Å². The summed E-state index contributed by atoms with van der Waals surface area (Å²) >= 11 is 0. The normalized spacial score (nSPS) is 19.9. The first kappa shape index (κ1) is 16.3. The van der Waals surface area contributed by atoms with Crippen molar-refractivity contribution in [3.63, 3.8) is 0 Å². The number of urea groups is 1. The van der Waals surface area contributed by atoms with Crippen LogP contribution in [-0.2, 0) is 9.84 Å². The molecule has 5 nitrogen and oxygen atoms in total. The van der Waals surface area contributed by atoms with Crippen molar-refractivity contribution >= 4 is 15.9 Å². The maximum atomic E-state index is 11.7. The molecule has 1 aliphatic carbocycles. The minimum absolute atomic E-state index is 0.0284. The SMILES string of the molecule is CCC1(CNC(=O)N[C@H](C)CS(C)(=O)=O)CCCC1. The molecule has 1 rings (SSSR count). The topological polar surface area (TPSA) is 75.3 Å². The van der Waals surface area contributed by atoms with Crippen LogP contribution in [0.1, 0.15) is 46.0 Å². The van der Waals surface area contributed by atoms with Gasteiger partial charge in [0.2, 0.25) is 0 Å². The monoisotopic (exact) mass is 290 g/mol. The van der Waals surface area contributed by atoms with Crippen molar-refractivity contribution in [3.05, 3.63) is 0 Å². The van der Waals surface area contributed by atoms with E-state index in [1.807, 2.05) is 0 Å². The van der Waals surface area contributed by atoms with Crippen molar-refractivity contribution in [2.24, 2.45) is 5.41 Å². The van der Waals surface area contributed by atoms with E-state index in [1.165, 1.54) is 31.9 Å². The molecule has 1 aliphatic rings. The van der Waals surface area contributed by atoms with Gasteiger partial charge in [0, 0.05) is 18.8 Å². The number of hydrogen-bond donors (Lipinski definition) is 2. The molecule has 19 heavy (non-hydrogen) atoms. The third-order valence-corrected chi connectivity index (χ3v) is 5.07. The molecule has 0 aromatic rings. The van der Waals surface area contributed by atoms with E-state index in [2.05, 4.69) is 17.6 Å². The first-order valence-corrected chi connectivity index (χ1v) is 9.04. The van der Waals surface area contributed by atoms with Gasteiger partial charge in [0.1, 0.15) is 9.84 Å². The molecule has 2 amide bonds. The van der Waals surface area contributed by atoms with Gasteiger partial charge in [0.25, 0.3) is 0 Å². The molecule has 0 unspecified atom stereocenters. The van der Waals surface area contributed by atoms with E-state index >= 15 is 0 Å². The molecule has 0 aromatic carbocycles. The fraction of sp³-hybridized carbons (Fsp3) is 0.923. The lowest BCUT2D eigenvalue weighted by Gasteiger charge is -2.28. The Bertz CT molecular complexity index is 400. The molecule has 0 radical (unpaired) electrons. The Labute approximate surface area is 116 Å². The Hall–Kier alpha value is -0.780. The summed E-state index contributed by atoms with van der Waals surface area (Å²) in [6.45, 7) is 4.55. The van der Waals surface area contributed by atoms with Crippen molar-refractivity contribution < 1.29 is 13.2 Å². The standard InChI is InChI=1S/C13H26N2O3S/c1-4-13(7-5-6-8-13)10-14-12(16)15-11(2)9-19(3,17)18/h11H,4-10H2,1-3H3,(H2,14,15,16)/t11-/m1/s1. The summed E-state index contributed by atoms with van der Waals surface area (Å²) in [6, 6.07) is -0.632. The predicted octanol–water partition coefficient (Wildman–Crippen LogP) is 1.69. The molecule has 0 aliphatic heterocycles. The van der Waals surface area contributed by atoms with Gasteiger partial charge in [-0.15, -0.1) is 0 Å². The van der Waals surface area contributed by atoms with Crippen molar-refractivity contribution in [1.29, 1.82) is 0 Å². The molecule has 2 N–H and O–H groups in total. The molecular weight excluding hydrogens is 264 g/mol. The number of carbonyl (C=O) groups excluding carboxylic acids is 1. The lowest BCUT2D eigenvalue weighted by molar-refractivity contribution is 0.223. The van der Waals surface area contributed by atoms with Crippen LogP contribution < -0.4 is 10.6 Å². The lowest BCUT2D eigenvalue weighted by Crippen LogP contribution is -2.46. The second kappa shape index (κ2) is 6.59. The van der Waals surface area contributed by atoms with Crippen molar-refractivity contribution in [1.82, 2.24) is 10.6 Å². The van der Waals surface area contributed by atoms with Gasteiger partial charge in [-0.25, -0.2) is 13.2 Å². The van der Waals surface area contributed by atoms with Gasteiger partial charge >= 0.3 is 6.03 Å². The van der Waals surface area contributed by atoms with Gasteiger partial charge in [0.05, 0.1) is 5.75 Å². The Balaban J connectivity index is 2.35. The van der Waals surface area contributed by atoms with Gasteiger partial charge < -0.3 is 10.6 Å². The fourth-order valence-corrected chi connectivity index (χ4v) is 3.81. The molecule has 0 spiro atoms. The van der Waals surface area contributed by atoms with E-state index in [0.29, 0.717) is 6.54 Å². The average Bonchev–Trinajstić information content (AvgIpc) is 2.73. The maximum absolute atomic E-state index is 11.7. The number of nitrogens with one attached hydrogen (secondary N) is 2. The van der Waals surface area contributed by atoms with Crippen LogP contribution in [0.25, 0.3) is 0 Å². The zero-order valence-corrected chi connectivity index (χ0v) is 13.0. The van der Waals surface area contributed by atoms with Crippen molar-refractivity contribution in [2.75, 3.05) is 18.6 Å².